The highest BCUT2D eigenvalue weighted by Crippen LogP contribution is 2.24. The van der Waals surface area contributed by atoms with Gasteiger partial charge < -0.3 is 15.0 Å². The van der Waals surface area contributed by atoms with Gasteiger partial charge in [-0.1, -0.05) is 48.5 Å². The largest absolute Gasteiger partial charge is 0.497 e. The highest BCUT2D eigenvalue weighted by atomic mass is 16.5. The number of aromatic nitrogens is 1. The molecule has 0 fully saturated rings. The Morgan fingerprint density at radius 3 is 2.68 bits per heavy atom. The molecule has 0 spiro atoms. The second-order valence-corrected chi connectivity index (χ2v) is 9.61. The summed E-state index contributed by atoms with van der Waals surface area (Å²) >= 11 is 0. The smallest absolute Gasteiger partial charge is 0.246 e. The predicted octanol–water partition coefficient (Wildman–Crippen LogP) is 4.76. The Hall–Kier alpha value is -4.23. The van der Waals surface area contributed by atoms with E-state index in [0.29, 0.717) is 32.0 Å². The Kier molecular flexibility index (Phi) is 7.95. The van der Waals surface area contributed by atoms with E-state index in [2.05, 4.69) is 33.4 Å². The van der Waals surface area contributed by atoms with Crippen molar-refractivity contribution in [2.75, 3.05) is 32.1 Å². The summed E-state index contributed by atoms with van der Waals surface area (Å²) in [6.07, 6.45) is 9.06. The van der Waals surface area contributed by atoms with Crippen molar-refractivity contribution >= 4 is 29.3 Å². The van der Waals surface area contributed by atoms with Crippen LogP contribution in [0.25, 0.3) is 11.6 Å². The van der Waals surface area contributed by atoms with Crippen LogP contribution in [0.3, 0.4) is 0 Å². The highest BCUT2D eigenvalue weighted by Gasteiger charge is 2.21. The van der Waals surface area contributed by atoms with Crippen molar-refractivity contribution in [1.82, 2.24) is 14.8 Å². The fraction of sp³-hybridized carbons (Fsp3) is 0.258. The summed E-state index contributed by atoms with van der Waals surface area (Å²) in [7, 11) is 1.64. The van der Waals surface area contributed by atoms with Gasteiger partial charge in [-0.15, -0.1) is 0 Å². The number of nitrogens with one attached hydrogen (secondary N) is 1. The van der Waals surface area contributed by atoms with Crippen molar-refractivity contribution in [2.45, 2.75) is 25.9 Å². The number of carbonyl (C=O) groups excluding carboxylic acids is 2. The Labute approximate surface area is 223 Å². The quantitative estimate of drug-likeness (QED) is 0.486. The first kappa shape index (κ1) is 25.4. The van der Waals surface area contributed by atoms with Gasteiger partial charge in [-0.25, -0.2) is 4.98 Å². The summed E-state index contributed by atoms with van der Waals surface area (Å²) in [5, 5.41) is 2.91. The maximum Gasteiger partial charge on any atom is 0.246 e. The lowest BCUT2D eigenvalue weighted by atomic mass is 10.0. The average Bonchev–Trinajstić information content (AvgIpc) is 3.28. The van der Waals surface area contributed by atoms with Crippen LogP contribution in [0.1, 0.15) is 35.1 Å². The maximum absolute atomic E-state index is 13.0. The molecule has 2 aromatic carbocycles. The van der Waals surface area contributed by atoms with Crippen LogP contribution in [0, 0.1) is 0 Å². The van der Waals surface area contributed by atoms with Crippen LogP contribution >= 0.6 is 0 Å². The second-order valence-electron chi connectivity index (χ2n) is 9.61. The average molecular weight is 509 g/mol. The van der Waals surface area contributed by atoms with E-state index in [4.69, 9.17) is 4.74 Å². The summed E-state index contributed by atoms with van der Waals surface area (Å²) in [6.45, 7) is 2.87. The van der Waals surface area contributed by atoms with Gasteiger partial charge in [0.25, 0.3) is 0 Å². The Morgan fingerprint density at radius 2 is 1.89 bits per heavy atom. The monoisotopic (exact) mass is 508 g/mol. The normalized spacial score (nSPS) is 16.3. The molecule has 2 amide bonds. The number of benzene rings is 2. The van der Waals surface area contributed by atoms with E-state index in [1.165, 1.54) is 11.1 Å². The molecule has 0 radical (unpaired) electrons. The van der Waals surface area contributed by atoms with E-state index < -0.39 is 0 Å². The van der Waals surface area contributed by atoms with Gasteiger partial charge in [0.05, 0.1) is 13.7 Å². The van der Waals surface area contributed by atoms with Crippen molar-refractivity contribution in [3.63, 3.8) is 0 Å². The van der Waals surface area contributed by atoms with Crippen molar-refractivity contribution in [2.24, 2.45) is 0 Å². The third-order valence-corrected chi connectivity index (χ3v) is 6.89. The van der Waals surface area contributed by atoms with E-state index in [0.717, 1.165) is 35.3 Å². The zero-order valence-electron chi connectivity index (χ0n) is 21.6. The minimum atomic E-state index is -0.0899. The molecule has 194 valence electrons. The summed E-state index contributed by atoms with van der Waals surface area (Å²) in [4.78, 5) is 33.9. The Balaban J connectivity index is 1.23. The topological polar surface area (TPSA) is 74.8 Å². The molecule has 0 bridgehead atoms. The van der Waals surface area contributed by atoms with Crippen LogP contribution in [-0.2, 0) is 22.7 Å². The lowest BCUT2D eigenvalue weighted by molar-refractivity contribution is -0.125. The number of amides is 2. The van der Waals surface area contributed by atoms with Gasteiger partial charge in [-0.3, -0.25) is 14.5 Å². The molecular formula is C31H32N4O3. The molecule has 3 heterocycles. The zero-order valence-corrected chi connectivity index (χ0v) is 21.6. The molecule has 38 heavy (non-hydrogen) atoms. The van der Waals surface area contributed by atoms with Crippen molar-refractivity contribution in [3.05, 3.63) is 101 Å². The zero-order chi connectivity index (χ0) is 26.3. The number of rotatable bonds is 6. The Morgan fingerprint density at radius 1 is 1.08 bits per heavy atom. The fourth-order valence-electron chi connectivity index (χ4n) is 4.90. The van der Waals surface area contributed by atoms with Crippen LogP contribution in [-0.4, -0.2) is 53.3 Å². The number of carbonyl (C=O) groups is 2. The fourth-order valence-corrected chi connectivity index (χ4v) is 4.90. The van der Waals surface area contributed by atoms with Gasteiger partial charge in [-0.2, -0.15) is 0 Å². The van der Waals surface area contributed by atoms with Crippen LogP contribution in [0.2, 0.25) is 0 Å². The molecule has 0 saturated carbocycles. The van der Waals surface area contributed by atoms with Gasteiger partial charge in [0, 0.05) is 44.0 Å². The van der Waals surface area contributed by atoms with Gasteiger partial charge in [-0.05, 0) is 59.4 Å². The summed E-state index contributed by atoms with van der Waals surface area (Å²) in [6, 6.07) is 20.2. The molecule has 1 aromatic heterocycles. The van der Waals surface area contributed by atoms with E-state index >= 15 is 0 Å². The first-order chi connectivity index (χ1) is 18.6. The number of pyridine rings is 1. The molecule has 0 unspecified atom stereocenters. The first-order valence-electron chi connectivity index (χ1n) is 12.9. The minimum Gasteiger partial charge on any atom is -0.497 e. The number of nitrogens with zero attached hydrogens (tertiary/aromatic N) is 3. The van der Waals surface area contributed by atoms with E-state index in [1.807, 2.05) is 59.5 Å². The summed E-state index contributed by atoms with van der Waals surface area (Å²) in [5.41, 5.74) is 5.36. The molecule has 5 rings (SSSR count). The molecule has 0 saturated heterocycles. The SMILES string of the molecule is COc1ccc(CN2CC(=O)Nc3ncc(/C=C/C(=O)N4CCC=C(c5ccccc5)CC4)cc3C2)cc1. The standard InChI is InChI=1S/C31H32N4O3/c1-38-28-12-9-23(10-13-28)20-34-21-27-18-24(19-32-31(27)33-29(36)22-34)11-14-30(37)35-16-5-8-26(15-17-35)25-6-3-2-4-7-25/h2-4,6-14,18-19H,5,15-17,20-22H2,1H3,(H,32,33,36)/b14-11+. The second kappa shape index (κ2) is 11.9. The van der Waals surface area contributed by atoms with Crippen molar-refractivity contribution in [3.8, 4) is 5.75 Å². The van der Waals surface area contributed by atoms with Gasteiger partial charge in [0.1, 0.15) is 11.6 Å². The van der Waals surface area contributed by atoms with Gasteiger partial charge in [0.15, 0.2) is 0 Å². The van der Waals surface area contributed by atoms with Crippen LogP contribution in [0.15, 0.2) is 79.0 Å². The number of fused-ring (bicyclic) bond motifs is 1. The summed E-state index contributed by atoms with van der Waals surface area (Å²) < 4.78 is 5.24. The third-order valence-electron chi connectivity index (χ3n) is 6.89. The Bertz CT molecular complexity index is 1350. The molecule has 1 N–H and O–H groups in total. The molecule has 3 aromatic rings. The number of hydrogen-bond donors (Lipinski definition) is 1. The van der Waals surface area contributed by atoms with Crippen LogP contribution in [0.5, 0.6) is 5.75 Å². The van der Waals surface area contributed by atoms with Crippen LogP contribution in [0.4, 0.5) is 5.82 Å². The molecule has 0 atom stereocenters. The number of anilines is 1. The lowest BCUT2D eigenvalue weighted by Gasteiger charge is -2.19. The molecule has 2 aliphatic rings. The molecule has 0 aliphatic carbocycles. The molecule has 7 nitrogen and oxygen atoms in total. The van der Waals surface area contributed by atoms with E-state index in [9.17, 15) is 9.59 Å². The van der Waals surface area contributed by atoms with Crippen molar-refractivity contribution < 1.29 is 14.3 Å². The highest BCUT2D eigenvalue weighted by molar-refractivity contribution is 5.93. The van der Waals surface area contributed by atoms with E-state index in [-0.39, 0.29) is 18.4 Å². The maximum atomic E-state index is 13.0. The van der Waals surface area contributed by atoms with Crippen LogP contribution < -0.4 is 10.1 Å². The van der Waals surface area contributed by atoms with Crippen molar-refractivity contribution in [1.29, 1.82) is 0 Å². The predicted molar refractivity (Wildman–Crippen MR) is 149 cm³/mol. The van der Waals surface area contributed by atoms with E-state index in [1.54, 1.807) is 19.4 Å². The first-order valence-corrected chi connectivity index (χ1v) is 12.9. The lowest BCUT2D eigenvalue weighted by Crippen LogP contribution is -2.30. The number of hydrogen-bond acceptors (Lipinski definition) is 5. The third kappa shape index (κ3) is 6.36. The molecular weight excluding hydrogens is 476 g/mol. The summed E-state index contributed by atoms with van der Waals surface area (Å²) in [5.74, 6) is 1.28. The molecule has 7 heteroatoms. The van der Waals surface area contributed by atoms with Gasteiger partial charge >= 0.3 is 0 Å². The minimum absolute atomic E-state index is 0.00269. The number of ether oxygens (including phenoxy) is 1. The molecule has 2 aliphatic heterocycles. The number of methoxy groups -OCH3 is 1. The van der Waals surface area contributed by atoms with Gasteiger partial charge in [0.2, 0.25) is 11.8 Å².